The highest BCUT2D eigenvalue weighted by Gasteiger charge is 2.07. The largest absolute Gasteiger partial charge is 0.315 e. The zero-order valence-corrected chi connectivity index (χ0v) is 11.2. The van der Waals surface area contributed by atoms with Gasteiger partial charge in [-0.15, -0.1) is 16.4 Å². The van der Waals surface area contributed by atoms with E-state index in [9.17, 15) is 0 Å². The van der Waals surface area contributed by atoms with Crippen LogP contribution in [0.5, 0.6) is 0 Å². The molecule has 92 valence electrons. The molecule has 1 N–H and O–H groups in total. The van der Waals surface area contributed by atoms with Gasteiger partial charge in [-0.05, 0) is 17.0 Å². The van der Waals surface area contributed by atoms with Crippen LogP contribution in [0.4, 0.5) is 0 Å². The summed E-state index contributed by atoms with van der Waals surface area (Å²) < 4.78 is 1.82. The molecular weight excluding hydrogens is 256 g/mol. The van der Waals surface area contributed by atoms with Gasteiger partial charge >= 0.3 is 0 Å². The highest BCUT2D eigenvalue weighted by molar-refractivity contribution is 7.98. The molecule has 6 nitrogen and oxygen atoms in total. The minimum Gasteiger partial charge on any atom is -0.315 e. The number of tetrazole rings is 1. The summed E-state index contributed by atoms with van der Waals surface area (Å²) in [6, 6.07) is 0. The Kier molecular flexibility index (Phi) is 4.89. The second-order valence-corrected chi connectivity index (χ2v) is 4.97. The lowest BCUT2D eigenvalue weighted by Crippen LogP contribution is -2.20. The van der Waals surface area contributed by atoms with E-state index in [1.807, 2.05) is 15.6 Å². The molecule has 0 aliphatic heterocycles. The topological polar surface area (TPSA) is 68.5 Å². The molecule has 2 aromatic heterocycles. The van der Waals surface area contributed by atoms with E-state index in [2.05, 4.69) is 32.7 Å². The molecule has 2 aromatic rings. The Labute approximate surface area is 108 Å². The van der Waals surface area contributed by atoms with Crippen LogP contribution in [0, 0.1) is 0 Å². The molecule has 0 saturated carbocycles. The molecule has 0 aliphatic carbocycles. The van der Waals surface area contributed by atoms with Gasteiger partial charge in [0.05, 0.1) is 17.7 Å². The minimum absolute atomic E-state index is 0.792. The number of likely N-dealkylation sites (N-methyl/N-ethyl adjacent to an activating group) is 1. The van der Waals surface area contributed by atoms with Crippen LogP contribution in [0.2, 0.25) is 0 Å². The van der Waals surface area contributed by atoms with E-state index in [4.69, 9.17) is 0 Å². The fourth-order valence-electron chi connectivity index (χ4n) is 1.25. The van der Waals surface area contributed by atoms with Crippen LogP contribution >= 0.6 is 23.1 Å². The van der Waals surface area contributed by atoms with Crippen LogP contribution in [-0.4, -0.2) is 38.3 Å². The van der Waals surface area contributed by atoms with Gasteiger partial charge in [0, 0.05) is 17.7 Å². The second-order valence-electron chi connectivity index (χ2n) is 3.31. The van der Waals surface area contributed by atoms with Gasteiger partial charge < -0.3 is 5.32 Å². The maximum Gasteiger partial charge on any atom is 0.209 e. The molecule has 2 heterocycles. The lowest BCUT2D eigenvalue weighted by molar-refractivity contribution is 0.517. The fraction of sp³-hybridized carbons (Fsp3) is 0.556. The number of rotatable bonds is 7. The summed E-state index contributed by atoms with van der Waals surface area (Å²) in [5, 5.41) is 17.8. The monoisotopic (exact) mass is 270 g/mol. The van der Waals surface area contributed by atoms with Gasteiger partial charge in [-0.25, -0.2) is 9.67 Å². The van der Waals surface area contributed by atoms with Gasteiger partial charge in [0.1, 0.15) is 0 Å². The van der Waals surface area contributed by atoms with Crippen molar-refractivity contribution in [2.75, 3.05) is 13.1 Å². The number of thioether (sulfide) groups is 1. The van der Waals surface area contributed by atoms with Crippen molar-refractivity contribution in [1.29, 1.82) is 0 Å². The van der Waals surface area contributed by atoms with Crippen LogP contribution in [0.25, 0.3) is 0 Å². The number of nitrogens with zero attached hydrogens (tertiary/aromatic N) is 5. The van der Waals surface area contributed by atoms with Crippen molar-refractivity contribution in [3.8, 4) is 0 Å². The van der Waals surface area contributed by atoms with Crippen molar-refractivity contribution in [3.63, 3.8) is 0 Å². The number of hydrogen-bond donors (Lipinski definition) is 1. The molecule has 0 bridgehead atoms. The van der Waals surface area contributed by atoms with Crippen LogP contribution in [0.3, 0.4) is 0 Å². The highest BCUT2D eigenvalue weighted by atomic mass is 32.2. The van der Waals surface area contributed by atoms with Crippen molar-refractivity contribution < 1.29 is 0 Å². The number of hydrogen-bond acceptors (Lipinski definition) is 7. The Hall–Kier alpha value is -0.990. The third-order valence-corrected chi connectivity index (χ3v) is 3.71. The molecular formula is C9H14N6S2. The molecule has 0 radical (unpaired) electrons. The van der Waals surface area contributed by atoms with Crippen molar-refractivity contribution in [2.45, 2.75) is 24.4 Å². The van der Waals surface area contributed by atoms with Crippen LogP contribution in [-0.2, 0) is 12.3 Å². The van der Waals surface area contributed by atoms with Crippen molar-refractivity contribution in [1.82, 2.24) is 30.5 Å². The highest BCUT2D eigenvalue weighted by Crippen LogP contribution is 2.19. The lowest BCUT2D eigenvalue weighted by Gasteiger charge is -2.03. The van der Waals surface area contributed by atoms with Crippen LogP contribution < -0.4 is 5.32 Å². The first-order valence-electron chi connectivity index (χ1n) is 5.37. The summed E-state index contributed by atoms with van der Waals surface area (Å²) in [6.45, 7) is 4.72. The van der Waals surface area contributed by atoms with Gasteiger partial charge in [-0.1, -0.05) is 18.7 Å². The van der Waals surface area contributed by atoms with Crippen molar-refractivity contribution >= 4 is 23.1 Å². The van der Waals surface area contributed by atoms with Gasteiger partial charge in [0.25, 0.3) is 0 Å². The first kappa shape index (κ1) is 12.5. The zero-order valence-electron chi connectivity index (χ0n) is 9.54. The predicted molar refractivity (Wildman–Crippen MR) is 68.0 cm³/mol. The Morgan fingerprint density at radius 1 is 1.53 bits per heavy atom. The molecule has 0 amide bonds. The Bertz CT molecular complexity index is 426. The predicted octanol–water partition coefficient (Wildman–Crippen LogP) is 1.03. The fourth-order valence-corrected chi connectivity index (χ4v) is 2.72. The van der Waals surface area contributed by atoms with Gasteiger partial charge in [-0.2, -0.15) is 0 Å². The molecule has 0 atom stereocenters. The van der Waals surface area contributed by atoms with Crippen LogP contribution in [0.15, 0.2) is 16.0 Å². The van der Waals surface area contributed by atoms with Gasteiger partial charge in [0.2, 0.25) is 5.16 Å². The van der Waals surface area contributed by atoms with E-state index in [0.29, 0.717) is 0 Å². The van der Waals surface area contributed by atoms with Crippen molar-refractivity contribution in [3.05, 3.63) is 16.6 Å². The quantitative estimate of drug-likeness (QED) is 0.599. The summed E-state index contributed by atoms with van der Waals surface area (Å²) >= 11 is 3.22. The minimum atomic E-state index is 0.792. The standard InChI is InChI=1S/C9H14N6S2/c1-2-10-3-4-15-9(12-13-14-15)17-6-8-5-16-7-11-8/h5,7,10H,2-4,6H2,1H3. The molecule has 17 heavy (non-hydrogen) atoms. The maximum absolute atomic E-state index is 4.23. The van der Waals surface area contributed by atoms with E-state index < -0.39 is 0 Å². The molecule has 0 aromatic carbocycles. The molecule has 0 saturated heterocycles. The number of nitrogens with one attached hydrogen (secondary N) is 1. The molecule has 0 aliphatic rings. The molecule has 2 rings (SSSR count). The van der Waals surface area contributed by atoms with Crippen LogP contribution in [0.1, 0.15) is 12.6 Å². The van der Waals surface area contributed by atoms with Gasteiger partial charge in [-0.3, -0.25) is 0 Å². The first-order chi connectivity index (χ1) is 8.40. The van der Waals surface area contributed by atoms with E-state index >= 15 is 0 Å². The van der Waals surface area contributed by atoms with E-state index in [-0.39, 0.29) is 0 Å². The first-order valence-corrected chi connectivity index (χ1v) is 7.29. The molecule has 0 unspecified atom stereocenters. The zero-order chi connectivity index (χ0) is 11.9. The molecule has 8 heteroatoms. The normalized spacial score (nSPS) is 10.9. The smallest absolute Gasteiger partial charge is 0.209 e. The summed E-state index contributed by atoms with van der Waals surface area (Å²) in [7, 11) is 0. The summed E-state index contributed by atoms with van der Waals surface area (Å²) in [6.07, 6.45) is 0. The Balaban J connectivity index is 1.85. The van der Waals surface area contributed by atoms with Gasteiger partial charge in [0.15, 0.2) is 0 Å². The average Bonchev–Trinajstić information content (AvgIpc) is 2.97. The second kappa shape index (κ2) is 6.67. The number of thiazole rings is 1. The Morgan fingerprint density at radius 3 is 3.24 bits per heavy atom. The maximum atomic E-state index is 4.23. The SMILES string of the molecule is CCNCCn1nnnc1SCc1cscn1. The van der Waals surface area contributed by atoms with E-state index in [0.717, 1.165) is 36.2 Å². The third-order valence-electron chi connectivity index (χ3n) is 2.08. The third kappa shape index (κ3) is 3.76. The average molecular weight is 270 g/mol. The van der Waals surface area contributed by atoms with Crippen molar-refractivity contribution in [2.24, 2.45) is 0 Å². The van der Waals surface area contributed by atoms with E-state index in [1.54, 1.807) is 23.1 Å². The summed E-state index contributed by atoms with van der Waals surface area (Å²) in [5.74, 6) is 0.811. The number of aromatic nitrogens is 5. The van der Waals surface area contributed by atoms with E-state index in [1.165, 1.54) is 0 Å². The lowest BCUT2D eigenvalue weighted by atomic mass is 10.6. The molecule has 0 fully saturated rings. The molecule has 0 spiro atoms. The Morgan fingerprint density at radius 2 is 2.47 bits per heavy atom. The summed E-state index contributed by atoms with van der Waals surface area (Å²) in [5.41, 5.74) is 2.91. The summed E-state index contributed by atoms with van der Waals surface area (Å²) in [4.78, 5) is 4.23.